The molecule has 0 unspecified atom stereocenters. The van der Waals surface area contributed by atoms with Gasteiger partial charge in [-0.25, -0.2) is 0 Å². The Bertz CT molecular complexity index is 1030. The van der Waals surface area contributed by atoms with Gasteiger partial charge in [0.25, 0.3) is 0 Å². The Morgan fingerprint density at radius 3 is 2.03 bits per heavy atom. The number of rotatable bonds is 3. The molecule has 9 nitrogen and oxygen atoms in total. The first kappa shape index (κ1) is 25.5. The first-order chi connectivity index (χ1) is 16.2. The molecule has 1 aliphatic heterocycles. The SMILES string of the molecule is CC(=O)O[C@@H]1[C@@H]2CC(=O)C(C)=C([C@@H](OC(C)=O)[C@H](OC(C)=O)[C@]3(C)CCC(=O)[C@@]4(CO4)[C@@H]13)C2(C)C. The summed E-state index contributed by atoms with van der Waals surface area (Å²) in [5.41, 5.74) is -1.97. The summed E-state index contributed by atoms with van der Waals surface area (Å²) in [6, 6.07) is 0. The first-order valence-electron chi connectivity index (χ1n) is 12.1. The van der Waals surface area contributed by atoms with E-state index in [1.54, 1.807) is 6.92 Å². The minimum Gasteiger partial charge on any atom is -0.462 e. The lowest BCUT2D eigenvalue weighted by Gasteiger charge is -2.59. The third-order valence-electron chi connectivity index (χ3n) is 8.70. The van der Waals surface area contributed by atoms with Crippen LogP contribution >= 0.6 is 0 Å². The summed E-state index contributed by atoms with van der Waals surface area (Å²) in [7, 11) is 0. The number of fused-ring (bicyclic) bond motifs is 4. The van der Waals surface area contributed by atoms with Gasteiger partial charge in [0.05, 0.1) is 6.61 Å². The third kappa shape index (κ3) is 3.82. The Balaban J connectivity index is 2.06. The number of hydrogen-bond donors (Lipinski definition) is 0. The predicted octanol–water partition coefficient (Wildman–Crippen LogP) is 2.48. The minimum absolute atomic E-state index is 0.0994. The number of Topliss-reactive ketones (excluding diaryl/α,β-unsaturated/α-hetero) is 2. The van der Waals surface area contributed by atoms with E-state index in [0.717, 1.165) is 0 Å². The van der Waals surface area contributed by atoms with E-state index in [2.05, 4.69) is 0 Å². The fourth-order valence-electron chi connectivity index (χ4n) is 7.13. The first-order valence-corrected chi connectivity index (χ1v) is 12.1. The van der Waals surface area contributed by atoms with E-state index in [4.69, 9.17) is 18.9 Å². The lowest BCUT2D eigenvalue weighted by Crippen LogP contribution is -2.67. The van der Waals surface area contributed by atoms with E-state index < -0.39 is 64.5 Å². The highest BCUT2D eigenvalue weighted by Gasteiger charge is 2.74. The minimum atomic E-state index is -1.21. The molecule has 3 aliphatic carbocycles. The monoisotopic (exact) mass is 490 g/mol. The molecule has 0 aromatic heterocycles. The van der Waals surface area contributed by atoms with Crippen LogP contribution in [0.5, 0.6) is 0 Å². The molecule has 0 radical (unpaired) electrons. The lowest BCUT2D eigenvalue weighted by atomic mass is 9.48. The van der Waals surface area contributed by atoms with Crippen molar-refractivity contribution in [3.05, 3.63) is 11.1 Å². The molecular weight excluding hydrogens is 456 g/mol. The normalized spacial score (nSPS) is 39.8. The molecule has 192 valence electrons. The maximum Gasteiger partial charge on any atom is 0.303 e. The third-order valence-corrected chi connectivity index (χ3v) is 8.70. The molecule has 1 saturated heterocycles. The number of allylic oxidation sites excluding steroid dienone is 1. The van der Waals surface area contributed by atoms with Gasteiger partial charge in [-0.05, 0) is 29.9 Å². The molecule has 0 aromatic rings. The largest absolute Gasteiger partial charge is 0.462 e. The molecule has 35 heavy (non-hydrogen) atoms. The van der Waals surface area contributed by atoms with Crippen molar-refractivity contribution in [2.45, 2.75) is 91.6 Å². The Morgan fingerprint density at radius 1 is 0.943 bits per heavy atom. The number of carbonyl (C=O) groups is 5. The van der Waals surface area contributed by atoms with Crippen LogP contribution in [0.3, 0.4) is 0 Å². The molecule has 2 bridgehead atoms. The van der Waals surface area contributed by atoms with Crippen molar-refractivity contribution in [3.8, 4) is 0 Å². The summed E-state index contributed by atoms with van der Waals surface area (Å²) in [4.78, 5) is 63.6. The number of esters is 3. The fraction of sp³-hybridized carbons (Fsp3) is 0.731. The molecule has 3 fully saturated rings. The zero-order valence-electron chi connectivity index (χ0n) is 21.4. The van der Waals surface area contributed by atoms with Crippen LogP contribution in [0.25, 0.3) is 0 Å². The molecule has 2 saturated carbocycles. The predicted molar refractivity (Wildman–Crippen MR) is 121 cm³/mol. The van der Waals surface area contributed by atoms with Gasteiger partial charge in [0.15, 0.2) is 23.3 Å². The van der Waals surface area contributed by atoms with Crippen LogP contribution in [-0.4, -0.2) is 60.0 Å². The number of ether oxygens (including phenoxy) is 4. The second-order valence-electron chi connectivity index (χ2n) is 11.2. The van der Waals surface area contributed by atoms with Gasteiger partial charge in [-0.2, -0.15) is 0 Å². The second kappa shape index (κ2) is 8.25. The molecule has 4 rings (SSSR count). The van der Waals surface area contributed by atoms with Crippen LogP contribution in [0, 0.1) is 22.7 Å². The smallest absolute Gasteiger partial charge is 0.303 e. The van der Waals surface area contributed by atoms with Crippen LogP contribution in [0.15, 0.2) is 11.1 Å². The summed E-state index contributed by atoms with van der Waals surface area (Å²) < 4.78 is 23.6. The van der Waals surface area contributed by atoms with Gasteiger partial charge in [-0.1, -0.05) is 20.8 Å². The standard InChI is InChI=1S/C26H34O9/c1-12-17(30)10-16-20(33-13(2)27)22-25(7,9-8-18(31)26(22)11-32-26)23(35-15(4)29)21(34-14(3)28)19(12)24(16,5)6/h16,20-23H,8-11H2,1-7H3/t16-,20+,21+,22-,23-,25+,26-/m0/s1. The van der Waals surface area contributed by atoms with Gasteiger partial charge >= 0.3 is 17.9 Å². The van der Waals surface area contributed by atoms with Crippen molar-refractivity contribution >= 4 is 29.5 Å². The summed E-state index contributed by atoms with van der Waals surface area (Å²) in [5, 5.41) is 0. The Labute approximate surface area is 204 Å². The van der Waals surface area contributed by atoms with Crippen molar-refractivity contribution in [1.82, 2.24) is 0 Å². The van der Waals surface area contributed by atoms with E-state index in [-0.39, 0.29) is 31.0 Å². The van der Waals surface area contributed by atoms with Crippen LogP contribution < -0.4 is 0 Å². The molecule has 7 atom stereocenters. The van der Waals surface area contributed by atoms with Gasteiger partial charge in [-0.15, -0.1) is 0 Å². The van der Waals surface area contributed by atoms with E-state index in [1.165, 1.54) is 20.8 Å². The van der Waals surface area contributed by atoms with Crippen LogP contribution in [0.4, 0.5) is 0 Å². The molecule has 1 heterocycles. The average molecular weight is 491 g/mol. The molecule has 0 aromatic carbocycles. The molecular formula is C26H34O9. The van der Waals surface area contributed by atoms with Gasteiger partial charge < -0.3 is 18.9 Å². The fourth-order valence-corrected chi connectivity index (χ4v) is 7.13. The van der Waals surface area contributed by atoms with Crippen LogP contribution in [-0.2, 0) is 42.9 Å². The molecule has 9 heteroatoms. The zero-order chi connectivity index (χ0) is 26.1. The summed E-state index contributed by atoms with van der Waals surface area (Å²) in [5.74, 6) is -3.20. The Kier molecular flexibility index (Phi) is 6.02. The topological polar surface area (TPSA) is 126 Å². The van der Waals surface area contributed by atoms with Crippen LogP contribution in [0.2, 0.25) is 0 Å². The molecule has 1 spiro atoms. The van der Waals surface area contributed by atoms with Gasteiger partial charge in [0.2, 0.25) is 0 Å². The average Bonchev–Trinajstić information content (AvgIpc) is 3.50. The van der Waals surface area contributed by atoms with E-state index in [0.29, 0.717) is 17.6 Å². The Hall–Kier alpha value is -2.55. The second-order valence-corrected chi connectivity index (χ2v) is 11.2. The number of carbonyl (C=O) groups excluding carboxylic acids is 5. The summed E-state index contributed by atoms with van der Waals surface area (Å²) in [6.07, 6.45) is -2.35. The van der Waals surface area contributed by atoms with Gasteiger partial charge in [0.1, 0.15) is 12.2 Å². The molecule has 0 amide bonds. The van der Waals surface area contributed by atoms with Crippen molar-refractivity contribution < 1.29 is 42.9 Å². The summed E-state index contributed by atoms with van der Waals surface area (Å²) in [6.45, 7) is 11.4. The van der Waals surface area contributed by atoms with Crippen LogP contribution in [0.1, 0.15) is 67.7 Å². The number of epoxide rings is 1. The van der Waals surface area contributed by atoms with Gasteiger partial charge in [-0.3, -0.25) is 24.0 Å². The highest BCUT2D eigenvalue weighted by atomic mass is 16.6. The lowest BCUT2D eigenvalue weighted by molar-refractivity contribution is -0.212. The molecule has 0 N–H and O–H groups in total. The van der Waals surface area contributed by atoms with Crippen molar-refractivity contribution in [2.24, 2.45) is 22.7 Å². The van der Waals surface area contributed by atoms with Crippen molar-refractivity contribution in [1.29, 1.82) is 0 Å². The van der Waals surface area contributed by atoms with E-state index in [1.807, 2.05) is 20.8 Å². The van der Waals surface area contributed by atoms with Crippen molar-refractivity contribution in [3.63, 3.8) is 0 Å². The molecule has 4 aliphatic rings. The zero-order valence-corrected chi connectivity index (χ0v) is 21.4. The van der Waals surface area contributed by atoms with E-state index in [9.17, 15) is 24.0 Å². The maximum atomic E-state index is 13.3. The highest BCUT2D eigenvalue weighted by Crippen LogP contribution is 2.63. The van der Waals surface area contributed by atoms with E-state index >= 15 is 0 Å². The van der Waals surface area contributed by atoms with Crippen molar-refractivity contribution in [2.75, 3.05) is 6.61 Å². The maximum absolute atomic E-state index is 13.3. The summed E-state index contributed by atoms with van der Waals surface area (Å²) >= 11 is 0. The number of ketones is 2. The Morgan fingerprint density at radius 2 is 1.51 bits per heavy atom. The number of hydrogen-bond acceptors (Lipinski definition) is 9. The highest BCUT2D eigenvalue weighted by molar-refractivity contribution is 5.97. The quantitative estimate of drug-likeness (QED) is 0.333. The van der Waals surface area contributed by atoms with Gasteiger partial charge in [0, 0.05) is 50.9 Å².